The number of rotatable bonds is 7. The van der Waals surface area contributed by atoms with E-state index in [1.165, 1.54) is 25.7 Å². The lowest BCUT2D eigenvalue weighted by atomic mass is 10.1. The molecule has 0 aliphatic rings. The molecule has 0 radical (unpaired) electrons. The molecule has 0 spiro atoms. The van der Waals surface area contributed by atoms with Crippen molar-refractivity contribution < 1.29 is 4.74 Å². The maximum absolute atomic E-state index is 5.62. The third-order valence-corrected chi connectivity index (χ3v) is 1.84. The summed E-state index contributed by atoms with van der Waals surface area (Å²) < 4.78 is 5.62. The highest BCUT2D eigenvalue weighted by Crippen LogP contribution is 2.09. The van der Waals surface area contributed by atoms with Crippen molar-refractivity contribution in [3.05, 3.63) is 12.7 Å². The minimum absolute atomic E-state index is 0.0289. The van der Waals surface area contributed by atoms with Gasteiger partial charge in [-0.1, -0.05) is 18.9 Å². The SMILES string of the molecule is C=CCCCCCCOC(C)(C)C. The zero-order valence-electron chi connectivity index (χ0n) is 9.44. The van der Waals surface area contributed by atoms with Crippen LogP contribution in [0.5, 0.6) is 0 Å². The van der Waals surface area contributed by atoms with Crippen LogP contribution in [0.4, 0.5) is 0 Å². The van der Waals surface area contributed by atoms with Crippen molar-refractivity contribution >= 4 is 0 Å². The molecule has 0 fully saturated rings. The molecule has 0 aromatic rings. The molecule has 0 aliphatic heterocycles. The molecule has 0 amide bonds. The van der Waals surface area contributed by atoms with Gasteiger partial charge in [0.15, 0.2) is 0 Å². The summed E-state index contributed by atoms with van der Waals surface area (Å²) in [5, 5.41) is 0. The molecule has 0 aromatic carbocycles. The lowest BCUT2D eigenvalue weighted by Gasteiger charge is -2.19. The summed E-state index contributed by atoms with van der Waals surface area (Å²) >= 11 is 0. The third kappa shape index (κ3) is 11.7. The minimum Gasteiger partial charge on any atom is -0.376 e. The van der Waals surface area contributed by atoms with E-state index < -0.39 is 0 Å². The Morgan fingerprint density at radius 3 is 2.23 bits per heavy atom. The fourth-order valence-corrected chi connectivity index (χ4v) is 1.12. The predicted molar refractivity (Wildman–Crippen MR) is 59.0 cm³/mol. The fraction of sp³-hybridized carbons (Fsp3) is 0.833. The van der Waals surface area contributed by atoms with E-state index in [4.69, 9.17) is 4.74 Å². The zero-order chi connectivity index (χ0) is 10.2. The minimum atomic E-state index is 0.0289. The van der Waals surface area contributed by atoms with Gasteiger partial charge in [0.05, 0.1) is 5.60 Å². The highest BCUT2D eigenvalue weighted by atomic mass is 16.5. The molecular formula is C12H24O. The summed E-state index contributed by atoms with van der Waals surface area (Å²) in [6.45, 7) is 10.9. The second-order valence-electron chi connectivity index (χ2n) is 4.45. The number of unbranched alkanes of at least 4 members (excludes halogenated alkanes) is 4. The van der Waals surface area contributed by atoms with Gasteiger partial charge < -0.3 is 4.74 Å². The Bertz CT molecular complexity index is 122. The van der Waals surface area contributed by atoms with Gasteiger partial charge in [-0.2, -0.15) is 0 Å². The topological polar surface area (TPSA) is 9.23 Å². The van der Waals surface area contributed by atoms with Crippen LogP contribution in [0.2, 0.25) is 0 Å². The smallest absolute Gasteiger partial charge is 0.0598 e. The Hall–Kier alpha value is -0.300. The van der Waals surface area contributed by atoms with E-state index >= 15 is 0 Å². The highest BCUT2D eigenvalue weighted by Gasteiger charge is 2.08. The average molecular weight is 184 g/mol. The number of allylic oxidation sites excluding steroid dienone is 1. The van der Waals surface area contributed by atoms with Crippen molar-refractivity contribution in [2.75, 3.05) is 6.61 Å². The molecule has 0 rings (SSSR count). The second-order valence-corrected chi connectivity index (χ2v) is 4.45. The first-order valence-electron chi connectivity index (χ1n) is 5.31. The van der Waals surface area contributed by atoms with Crippen LogP contribution in [0.25, 0.3) is 0 Å². The van der Waals surface area contributed by atoms with Crippen LogP contribution in [0.3, 0.4) is 0 Å². The van der Waals surface area contributed by atoms with E-state index in [-0.39, 0.29) is 5.60 Å². The van der Waals surface area contributed by atoms with Gasteiger partial charge in [-0.05, 0) is 40.0 Å². The van der Waals surface area contributed by atoms with E-state index in [9.17, 15) is 0 Å². The molecule has 0 saturated heterocycles. The predicted octanol–water partition coefficient (Wildman–Crippen LogP) is 3.94. The molecule has 1 nitrogen and oxygen atoms in total. The fourth-order valence-electron chi connectivity index (χ4n) is 1.12. The van der Waals surface area contributed by atoms with Crippen molar-refractivity contribution in [3.63, 3.8) is 0 Å². The molecule has 1 heteroatoms. The number of hydrogen-bond donors (Lipinski definition) is 0. The van der Waals surface area contributed by atoms with Crippen LogP contribution in [-0.4, -0.2) is 12.2 Å². The van der Waals surface area contributed by atoms with Gasteiger partial charge in [0.1, 0.15) is 0 Å². The number of ether oxygens (including phenoxy) is 1. The summed E-state index contributed by atoms with van der Waals surface area (Å²) in [5.41, 5.74) is 0.0289. The van der Waals surface area contributed by atoms with E-state index in [1.807, 2.05) is 6.08 Å². The van der Waals surface area contributed by atoms with Crippen LogP contribution in [0.1, 0.15) is 52.9 Å². The van der Waals surface area contributed by atoms with Crippen LogP contribution in [0, 0.1) is 0 Å². The van der Waals surface area contributed by atoms with Crippen molar-refractivity contribution in [1.82, 2.24) is 0 Å². The molecular weight excluding hydrogens is 160 g/mol. The molecule has 0 bridgehead atoms. The zero-order valence-corrected chi connectivity index (χ0v) is 9.44. The summed E-state index contributed by atoms with van der Waals surface area (Å²) in [5.74, 6) is 0. The summed E-state index contributed by atoms with van der Waals surface area (Å²) in [7, 11) is 0. The third-order valence-electron chi connectivity index (χ3n) is 1.84. The molecule has 0 N–H and O–H groups in total. The van der Waals surface area contributed by atoms with Gasteiger partial charge in [-0.3, -0.25) is 0 Å². The van der Waals surface area contributed by atoms with Crippen molar-refractivity contribution in [2.24, 2.45) is 0 Å². The van der Waals surface area contributed by atoms with Gasteiger partial charge in [0, 0.05) is 6.61 Å². The average Bonchev–Trinajstić information content (AvgIpc) is 2.01. The Morgan fingerprint density at radius 2 is 1.69 bits per heavy atom. The molecule has 0 heterocycles. The first kappa shape index (κ1) is 12.7. The van der Waals surface area contributed by atoms with Crippen LogP contribution >= 0.6 is 0 Å². The van der Waals surface area contributed by atoms with E-state index in [0.717, 1.165) is 13.0 Å². The molecule has 0 saturated carbocycles. The molecule has 0 aromatic heterocycles. The number of hydrogen-bond acceptors (Lipinski definition) is 1. The maximum Gasteiger partial charge on any atom is 0.0598 e. The van der Waals surface area contributed by atoms with E-state index in [1.54, 1.807) is 0 Å². The Balaban J connectivity index is 3.04. The van der Waals surface area contributed by atoms with Crippen LogP contribution < -0.4 is 0 Å². The lowest BCUT2D eigenvalue weighted by molar-refractivity contribution is -0.00473. The molecule has 0 aliphatic carbocycles. The lowest BCUT2D eigenvalue weighted by Crippen LogP contribution is -2.19. The summed E-state index contributed by atoms with van der Waals surface area (Å²) in [6.07, 6.45) is 8.20. The van der Waals surface area contributed by atoms with Crippen molar-refractivity contribution in [3.8, 4) is 0 Å². The summed E-state index contributed by atoms with van der Waals surface area (Å²) in [6, 6.07) is 0. The molecule has 13 heavy (non-hydrogen) atoms. The molecule has 78 valence electrons. The Morgan fingerprint density at radius 1 is 1.08 bits per heavy atom. The molecule has 0 unspecified atom stereocenters. The Kier molecular flexibility index (Phi) is 6.97. The van der Waals surface area contributed by atoms with Crippen LogP contribution in [0.15, 0.2) is 12.7 Å². The van der Waals surface area contributed by atoms with Gasteiger partial charge >= 0.3 is 0 Å². The normalized spacial score (nSPS) is 11.6. The van der Waals surface area contributed by atoms with E-state index in [0.29, 0.717) is 0 Å². The van der Waals surface area contributed by atoms with Crippen molar-refractivity contribution in [2.45, 2.75) is 58.5 Å². The van der Waals surface area contributed by atoms with Gasteiger partial charge in [0.25, 0.3) is 0 Å². The quantitative estimate of drug-likeness (QED) is 0.430. The van der Waals surface area contributed by atoms with Gasteiger partial charge in [0.2, 0.25) is 0 Å². The largest absolute Gasteiger partial charge is 0.376 e. The first-order chi connectivity index (χ1) is 6.06. The molecule has 0 atom stereocenters. The second kappa shape index (κ2) is 7.14. The van der Waals surface area contributed by atoms with Gasteiger partial charge in [-0.25, -0.2) is 0 Å². The monoisotopic (exact) mass is 184 g/mol. The van der Waals surface area contributed by atoms with Crippen molar-refractivity contribution in [1.29, 1.82) is 0 Å². The Labute approximate surface area is 83.2 Å². The standard InChI is InChI=1S/C12H24O/c1-5-6-7-8-9-10-11-13-12(2,3)4/h5H,1,6-11H2,2-4H3. The van der Waals surface area contributed by atoms with Gasteiger partial charge in [-0.15, -0.1) is 6.58 Å². The first-order valence-corrected chi connectivity index (χ1v) is 5.31. The maximum atomic E-state index is 5.62. The van der Waals surface area contributed by atoms with Crippen LogP contribution in [-0.2, 0) is 4.74 Å². The summed E-state index contributed by atoms with van der Waals surface area (Å²) in [4.78, 5) is 0. The highest BCUT2D eigenvalue weighted by molar-refractivity contribution is 4.65. The van der Waals surface area contributed by atoms with E-state index in [2.05, 4.69) is 27.4 Å².